The first-order valence-corrected chi connectivity index (χ1v) is 13.2. The molecule has 1 amide bonds. The Bertz CT molecular complexity index is 1200. The molecule has 8 nitrogen and oxygen atoms in total. The molecule has 5 rings (SSSR count). The largest absolute Gasteiger partial charge is 0.379 e. The lowest BCUT2D eigenvalue weighted by Gasteiger charge is -2.26. The molecule has 0 N–H and O–H groups in total. The van der Waals surface area contributed by atoms with Crippen LogP contribution in [0.15, 0.2) is 53.4 Å². The average Bonchev–Trinajstić information content (AvgIpc) is 3.52. The third-order valence-electron chi connectivity index (χ3n) is 5.88. The summed E-state index contributed by atoms with van der Waals surface area (Å²) >= 11 is 1.46. The van der Waals surface area contributed by atoms with Crippen LogP contribution in [-0.4, -0.2) is 69.2 Å². The fraction of sp³-hybridized carbons (Fsp3) is 0.391. The zero-order chi connectivity index (χ0) is 22.8. The molecular formula is C23H25N3O5S2. The molecule has 0 bridgehead atoms. The number of aromatic nitrogens is 1. The third kappa shape index (κ3) is 4.67. The number of hydrogen-bond acceptors (Lipinski definition) is 7. The van der Waals surface area contributed by atoms with Crippen molar-refractivity contribution in [3.63, 3.8) is 0 Å². The van der Waals surface area contributed by atoms with Gasteiger partial charge in [0.2, 0.25) is 10.0 Å². The fourth-order valence-corrected chi connectivity index (χ4v) is 6.46. The van der Waals surface area contributed by atoms with Crippen LogP contribution in [0.4, 0.5) is 5.13 Å². The molecular weight excluding hydrogens is 462 g/mol. The predicted molar refractivity (Wildman–Crippen MR) is 126 cm³/mol. The number of thiazole rings is 1. The van der Waals surface area contributed by atoms with Crippen molar-refractivity contribution in [2.45, 2.75) is 23.8 Å². The highest BCUT2D eigenvalue weighted by Gasteiger charge is 2.29. The van der Waals surface area contributed by atoms with Crippen LogP contribution < -0.4 is 4.90 Å². The van der Waals surface area contributed by atoms with E-state index in [-0.39, 0.29) is 16.9 Å². The first-order valence-electron chi connectivity index (χ1n) is 11.0. The van der Waals surface area contributed by atoms with Gasteiger partial charge in [-0.25, -0.2) is 13.4 Å². The molecule has 2 aliphatic rings. The molecule has 3 aromatic rings. The Morgan fingerprint density at radius 2 is 1.85 bits per heavy atom. The molecule has 2 saturated heterocycles. The van der Waals surface area contributed by atoms with Crippen molar-refractivity contribution in [2.24, 2.45) is 0 Å². The van der Waals surface area contributed by atoms with Gasteiger partial charge in [-0.1, -0.05) is 23.5 Å². The van der Waals surface area contributed by atoms with Crippen LogP contribution in [-0.2, 0) is 19.5 Å². The van der Waals surface area contributed by atoms with Crippen molar-refractivity contribution >= 4 is 42.6 Å². The van der Waals surface area contributed by atoms with Crippen LogP contribution in [0.2, 0.25) is 0 Å². The van der Waals surface area contributed by atoms with E-state index in [1.54, 1.807) is 17.0 Å². The van der Waals surface area contributed by atoms with Crippen molar-refractivity contribution in [3.8, 4) is 0 Å². The van der Waals surface area contributed by atoms with E-state index in [9.17, 15) is 13.2 Å². The Balaban J connectivity index is 1.42. The summed E-state index contributed by atoms with van der Waals surface area (Å²) in [6, 6.07) is 13.9. The number of rotatable bonds is 6. The van der Waals surface area contributed by atoms with Gasteiger partial charge in [0.15, 0.2) is 5.13 Å². The maximum Gasteiger partial charge on any atom is 0.260 e. The van der Waals surface area contributed by atoms with E-state index >= 15 is 0 Å². The van der Waals surface area contributed by atoms with Crippen molar-refractivity contribution in [1.29, 1.82) is 0 Å². The minimum absolute atomic E-state index is 0.0399. The lowest BCUT2D eigenvalue weighted by atomic mass is 10.2. The first-order chi connectivity index (χ1) is 16.0. The second-order valence-electron chi connectivity index (χ2n) is 8.06. The quantitative estimate of drug-likeness (QED) is 0.531. The summed E-state index contributed by atoms with van der Waals surface area (Å²) in [6.07, 6.45) is 1.83. The van der Waals surface area contributed by atoms with Gasteiger partial charge < -0.3 is 9.47 Å². The Labute approximate surface area is 196 Å². The standard InChI is InChI=1S/C23H25N3O5S2/c27-22(17-7-9-19(10-8-17)33(28,29)25-11-14-30-15-12-25)26(16-18-4-3-13-31-18)23-24-20-5-1-2-6-21(20)32-23/h1-2,5-10,18H,3-4,11-16H2/t18-/m0/s1. The zero-order valence-electron chi connectivity index (χ0n) is 18.1. The summed E-state index contributed by atoms with van der Waals surface area (Å²) < 4.78 is 39.3. The van der Waals surface area contributed by atoms with E-state index < -0.39 is 10.0 Å². The fourth-order valence-electron chi connectivity index (χ4n) is 4.08. The van der Waals surface area contributed by atoms with Gasteiger partial charge in [-0.15, -0.1) is 0 Å². The van der Waals surface area contributed by atoms with E-state index in [0.29, 0.717) is 50.1 Å². The van der Waals surface area contributed by atoms with Crippen LogP contribution in [0.5, 0.6) is 0 Å². The predicted octanol–water partition coefficient (Wildman–Crippen LogP) is 3.14. The second kappa shape index (κ2) is 9.47. The summed E-state index contributed by atoms with van der Waals surface area (Å²) in [7, 11) is -3.61. The Morgan fingerprint density at radius 3 is 2.55 bits per heavy atom. The Hall–Kier alpha value is -2.37. The van der Waals surface area contributed by atoms with Crippen LogP contribution in [0, 0.1) is 0 Å². The molecule has 174 valence electrons. The van der Waals surface area contributed by atoms with Crippen molar-refractivity contribution < 1.29 is 22.7 Å². The molecule has 0 aliphatic carbocycles. The molecule has 0 radical (unpaired) electrons. The number of carbonyl (C=O) groups is 1. The highest BCUT2D eigenvalue weighted by Crippen LogP contribution is 2.31. The Kier molecular flexibility index (Phi) is 6.44. The van der Waals surface area contributed by atoms with E-state index in [1.807, 2.05) is 24.3 Å². The lowest BCUT2D eigenvalue weighted by Crippen LogP contribution is -2.40. The summed E-state index contributed by atoms with van der Waals surface area (Å²) in [5.74, 6) is -0.222. The summed E-state index contributed by atoms with van der Waals surface area (Å²) in [5.41, 5.74) is 1.25. The van der Waals surface area contributed by atoms with Gasteiger partial charge in [0.05, 0.1) is 41.0 Å². The van der Waals surface area contributed by atoms with Crippen molar-refractivity contribution in [3.05, 3.63) is 54.1 Å². The second-order valence-corrected chi connectivity index (χ2v) is 11.0. The van der Waals surface area contributed by atoms with Crippen LogP contribution >= 0.6 is 11.3 Å². The maximum absolute atomic E-state index is 13.5. The van der Waals surface area contributed by atoms with Gasteiger partial charge in [-0.3, -0.25) is 9.69 Å². The normalized spacial score (nSPS) is 19.7. The molecule has 2 aromatic carbocycles. The van der Waals surface area contributed by atoms with Crippen molar-refractivity contribution in [1.82, 2.24) is 9.29 Å². The number of nitrogens with zero attached hydrogens (tertiary/aromatic N) is 3. The average molecular weight is 488 g/mol. The van der Waals surface area contributed by atoms with E-state index in [2.05, 4.69) is 4.98 Å². The number of fused-ring (bicyclic) bond motifs is 1. The first kappa shape index (κ1) is 22.4. The summed E-state index contributed by atoms with van der Waals surface area (Å²) in [5, 5.41) is 0.613. The smallest absolute Gasteiger partial charge is 0.260 e. The summed E-state index contributed by atoms with van der Waals surface area (Å²) in [4.78, 5) is 20.0. The van der Waals surface area contributed by atoms with E-state index in [0.717, 1.165) is 23.1 Å². The number of hydrogen-bond donors (Lipinski definition) is 0. The van der Waals surface area contributed by atoms with Gasteiger partial charge in [-0.05, 0) is 49.2 Å². The van der Waals surface area contributed by atoms with Gasteiger partial charge in [-0.2, -0.15) is 4.31 Å². The highest BCUT2D eigenvalue weighted by atomic mass is 32.2. The molecule has 0 spiro atoms. The van der Waals surface area contributed by atoms with E-state index in [1.165, 1.54) is 27.8 Å². The molecule has 3 heterocycles. The molecule has 1 aromatic heterocycles. The number of sulfonamides is 1. The lowest BCUT2D eigenvalue weighted by molar-refractivity contribution is 0.0730. The zero-order valence-corrected chi connectivity index (χ0v) is 19.7. The Morgan fingerprint density at radius 1 is 1.09 bits per heavy atom. The molecule has 0 saturated carbocycles. The van der Waals surface area contributed by atoms with Gasteiger partial charge in [0.25, 0.3) is 5.91 Å². The minimum Gasteiger partial charge on any atom is -0.379 e. The molecule has 2 fully saturated rings. The van der Waals surface area contributed by atoms with Crippen LogP contribution in [0.3, 0.4) is 0 Å². The third-order valence-corrected chi connectivity index (χ3v) is 8.85. The number of benzene rings is 2. The van der Waals surface area contributed by atoms with Crippen molar-refractivity contribution in [2.75, 3.05) is 44.4 Å². The minimum atomic E-state index is -3.61. The van der Waals surface area contributed by atoms with Gasteiger partial charge in [0.1, 0.15) is 0 Å². The molecule has 2 aliphatic heterocycles. The maximum atomic E-state index is 13.5. The highest BCUT2D eigenvalue weighted by molar-refractivity contribution is 7.89. The number of para-hydroxylation sites is 1. The number of amides is 1. The molecule has 33 heavy (non-hydrogen) atoms. The number of ether oxygens (including phenoxy) is 2. The summed E-state index contributed by atoms with van der Waals surface area (Å²) in [6.45, 7) is 2.53. The SMILES string of the molecule is O=C(c1ccc(S(=O)(=O)N2CCOCC2)cc1)N(C[C@@H]1CCCO1)c1nc2ccccc2s1. The monoisotopic (exact) mass is 487 g/mol. The topological polar surface area (TPSA) is 89.0 Å². The molecule has 1 atom stereocenters. The molecule has 10 heteroatoms. The molecule has 0 unspecified atom stereocenters. The number of morpholine rings is 1. The number of anilines is 1. The van der Waals surface area contributed by atoms with Crippen LogP contribution in [0.25, 0.3) is 10.2 Å². The number of carbonyl (C=O) groups excluding carboxylic acids is 1. The van der Waals surface area contributed by atoms with E-state index in [4.69, 9.17) is 9.47 Å². The van der Waals surface area contributed by atoms with Gasteiger partial charge in [0, 0.05) is 25.3 Å². The van der Waals surface area contributed by atoms with Gasteiger partial charge >= 0.3 is 0 Å². The van der Waals surface area contributed by atoms with Crippen LogP contribution in [0.1, 0.15) is 23.2 Å².